The highest BCUT2D eigenvalue weighted by molar-refractivity contribution is 9.10. The number of aromatic nitrogens is 1. The summed E-state index contributed by atoms with van der Waals surface area (Å²) in [4.78, 5) is 27.3. The lowest BCUT2D eigenvalue weighted by Gasteiger charge is -2.10. The summed E-state index contributed by atoms with van der Waals surface area (Å²) in [5.74, 6) is -0.276. The van der Waals surface area contributed by atoms with Gasteiger partial charge in [-0.25, -0.2) is 0 Å². The number of carbonyl (C=O) groups excluding carboxylic acids is 1. The van der Waals surface area contributed by atoms with Gasteiger partial charge in [-0.1, -0.05) is 22.0 Å². The molecule has 3 aromatic rings. The number of aryl methyl sites for hydroxylation is 2. The Labute approximate surface area is 147 Å². The number of pyridine rings is 1. The van der Waals surface area contributed by atoms with Gasteiger partial charge in [-0.3, -0.25) is 9.59 Å². The SMILES string of the molecule is O=C(Nc1ccc2c(c1)CCC2)c1cc(=O)[nH]c2ccc(Br)cc12. The van der Waals surface area contributed by atoms with Gasteiger partial charge in [0, 0.05) is 27.1 Å². The van der Waals surface area contributed by atoms with Gasteiger partial charge in [-0.2, -0.15) is 0 Å². The van der Waals surface area contributed by atoms with E-state index in [0.29, 0.717) is 16.5 Å². The third-order valence-electron chi connectivity index (χ3n) is 4.41. The van der Waals surface area contributed by atoms with Crippen LogP contribution in [-0.2, 0) is 12.8 Å². The predicted octanol–water partition coefficient (Wildman–Crippen LogP) is 4.03. The molecule has 1 aromatic heterocycles. The number of carbonyl (C=O) groups is 1. The molecule has 0 bridgehead atoms. The molecule has 0 saturated heterocycles. The summed E-state index contributed by atoms with van der Waals surface area (Å²) >= 11 is 3.41. The van der Waals surface area contributed by atoms with Crippen molar-refractivity contribution in [2.45, 2.75) is 19.3 Å². The molecule has 2 aromatic carbocycles. The van der Waals surface area contributed by atoms with Crippen LogP contribution in [0.25, 0.3) is 10.9 Å². The molecule has 0 unspecified atom stereocenters. The van der Waals surface area contributed by atoms with Crippen LogP contribution in [-0.4, -0.2) is 10.9 Å². The third-order valence-corrected chi connectivity index (χ3v) is 4.90. The van der Waals surface area contributed by atoms with Crippen molar-refractivity contribution in [1.29, 1.82) is 0 Å². The Morgan fingerprint density at radius 2 is 1.88 bits per heavy atom. The van der Waals surface area contributed by atoms with Crippen LogP contribution in [0.4, 0.5) is 5.69 Å². The van der Waals surface area contributed by atoms with E-state index < -0.39 is 0 Å². The zero-order valence-corrected chi connectivity index (χ0v) is 14.4. The molecule has 0 atom stereocenters. The van der Waals surface area contributed by atoms with Crippen LogP contribution in [0.5, 0.6) is 0 Å². The summed E-state index contributed by atoms with van der Waals surface area (Å²) in [5, 5.41) is 3.63. The van der Waals surface area contributed by atoms with Gasteiger partial charge in [0.05, 0.1) is 5.56 Å². The molecule has 0 fully saturated rings. The number of aromatic amines is 1. The lowest BCUT2D eigenvalue weighted by molar-refractivity contribution is 0.102. The number of hydrogen-bond acceptors (Lipinski definition) is 2. The number of amides is 1. The van der Waals surface area contributed by atoms with Crippen molar-refractivity contribution < 1.29 is 4.79 Å². The molecule has 0 radical (unpaired) electrons. The highest BCUT2D eigenvalue weighted by Crippen LogP contribution is 2.26. The van der Waals surface area contributed by atoms with E-state index in [-0.39, 0.29) is 11.5 Å². The molecule has 5 heteroatoms. The highest BCUT2D eigenvalue weighted by atomic mass is 79.9. The van der Waals surface area contributed by atoms with Crippen molar-refractivity contribution in [3.8, 4) is 0 Å². The van der Waals surface area contributed by atoms with Crippen LogP contribution in [0.15, 0.2) is 51.7 Å². The number of nitrogens with one attached hydrogen (secondary N) is 2. The number of anilines is 1. The molecule has 1 amide bonds. The summed E-state index contributed by atoms with van der Waals surface area (Å²) in [7, 11) is 0. The predicted molar refractivity (Wildman–Crippen MR) is 98.7 cm³/mol. The molecule has 0 aliphatic heterocycles. The number of hydrogen-bond donors (Lipinski definition) is 2. The second-order valence-corrected chi connectivity index (χ2v) is 6.94. The Hall–Kier alpha value is -2.40. The van der Waals surface area contributed by atoms with Crippen LogP contribution in [0.1, 0.15) is 27.9 Å². The Kier molecular flexibility index (Phi) is 3.73. The van der Waals surface area contributed by atoms with Gasteiger partial charge < -0.3 is 10.3 Å². The minimum Gasteiger partial charge on any atom is -0.322 e. The first-order chi connectivity index (χ1) is 11.6. The second-order valence-electron chi connectivity index (χ2n) is 6.03. The van der Waals surface area contributed by atoms with Crippen LogP contribution in [0.2, 0.25) is 0 Å². The summed E-state index contributed by atoms with van der Waals surface area (Å²) in [6, 6.07) is 12.8. The first kappa shape index (κ1) is 15.1. The molecular weight excluding hydrogens is 368 g/mol. The fourth-order valence-electron chi connectivity index (χ4n) is 3.26. The molecule has 1 aliphatic rings. The van der Waals surface area contributed by atoms with Gasteiger partial charge in [0.15, 0.2) is 0 Å². The molecule has 1 heterocycles. The van der Waals surface area contributed by atoms with Gasteiger partial charge in [-0.05, 0) is 60.7 Å². The first-order valence-corrected chi connectivity index (χ1v) is 8.65. The quantitative estimate of drug-likeness (QED) is 0.702. The van der Waals surface area contributed by atoms with Crippen LogP contribution >= 0.6 is 15.9 Å². The largest absolute Gasteiger partial charge is 0.322 e. The summed E-state index contributed by atoms with van der Waals surface area (Å²) in [6.07, 6.45) is 3.33. The number of benzene rings is 2. The first-order valence-electron chi connectivity index (χ1n) is 7.86. The fourth-order valence-corrected chi connectivity index (χ4v) is 3.62. The van der Waals surface area contributed by atoms with E-state index >= 15 is 0 Å². The van der Waals surface area contributed by atoms with Gasteiger partial charge in [0.1, 0.15) is 0 Å². The summed E-state index contributed by atoms with van der Waals surface area (Å²) < 4.78 is 0.855. The third kappa shape index (κ3) is 2.76. The highest BCUT2D eigenvalue weighted by Gasteiger charge is 2.15. The fraction of sp³-hybridized carbons (Fsp3) is 0.158. The van der Waals surface area contributed by atoms with Crippen molar-refractivity contribution in [2.24, 2.45) is 0 Å². The maximum absolute atomic E-state index is 12.7. The molecule has 1 aliphatic carbocycles. The number of H-pyrrole nitrogens is 1. The van der Waals surface area contributed by atoms with E-state index in [9.17, 15) is 9.59 Å². The van der Waals surface area contributed by atoms with Crippen molar-refractivity contribution in [1.82, 2.24) is 4.98 Å². The maximum atomic E-state index is 12.7. The van der Waals surface area contributed by atoms with E-state index in [1.807, 2.05) is 24.3 Å². The Balaban J connectivity index is 1.73. The maximum Gasteiger partial charge on any atom is 0.256 e. The van der Waals surface area contributed by atoms with Crippen molar-refractivity contribution >= 4 is 38.4 Å². The van der Waals surface area contributed by atoms with Gasteiger partial charge >= 0.3 is 0 Å². The number of rotatable bonds is 2. The average Bonchev–Trinajstić information content (AvgIpc) is 3.02. The lowest BCUT2D eigenvalue weighted by Crippen LogP contribution is -2.17. The van der Waals surface area contributed by atoms with E-state index in [1.165, 1.54) is 23.6 Å². The Morgan fingerprint density at radius 1 is 1.04 bits per heavy atom. The van der Waals surface area contributed by atoms with E-state index in [1.54, 1.807) is 6.07 Å². The van der Waals surface area contributed by atoms with Crippen LogP contribution in [0.3, 0.4) is 0 Å². The van der Waals surface area contributed by atoms with Crippen molar-refractivity contribution in [3.63, 3.8) is 0 Å². The molecule has 0 saturated carbocycles. The molecule has 24 heavy (non-hydrogen) atoms. The van der Waals surface area contributed by atoms with Crippen molar-refractivity contribution in [3.05, 3.63) is 74.0 Å². The van der Waals surface area contributed by atoms with Crippen LogP contribution < -0.4 is 10.9 Å². The average molecular weight is 383 g/mol. The molecule has 120 valence electrons. The molecular formula is C19H15BrN2O2. The van der Waals surface area contributed by atoms with Gasteiger partial charge in [-0.15, -0.1) is 0 Å². The normalized spacial score (nSPS) is 13.0. The van der Waals surface area contributed by atoms with Gasteiger partial charge in [0.25, 0.3) is 5.91 Å². The Morgan fingerprint density at radius 3 is 2.75 bits per heavy atom. The van der Waals surface area contributed by atoms with E-state index in [4.69, 9.17) is 0 Å². The van der Waals surface area contributed by atoms with Crippen LogP contribution in [0, 0.1) is 0 Å². The number of halogens is 1. The summed E-state index contributed by atoms with van der Waals surface area (Å²) in [6.45, 7) is 0. The van der Waals surface area contributed by atoms with E-state index in [0.717, 1.165) is 23.0 Å². The van der Waals surface area contributed by atoms with E-state index in [2.05, 4.69) is 32.3 Å². The minimum atomic E-state index is -0.288. The molecule has 0 spiro atoms. The topological polar surface area (TPSA) is 62.0 Å². The number of fused-ring (bicyclic) bond motifs is 2. The monoisotopic (exact) mass is 382 g/mol. The molecule has 4 rings (SSSR count). The second kappa shape index (κ2) is 5.91. The lowest BCUT2D eigenvalue weighted by atomic mass is 10.1. The minimum absolute atomic E-state index is 0.276. The smallest absolute Gasteiger partial charge is 0.256 e. The summed E-state index contributed by atoms with van der Waals surface area (Å²) in [5.41, 5.74) is 4.15. The molecule has 2 N–H and O–H groups in total. The van der Waals surface area contributed by atoms with Crippen molar-refractivity contribution in [2.75, 3.05) is 5.32 Å². The molecule has 4 nitrogen and oxygen atoms in total. The zero-order chi connectivity index (χ0) is 16.7. The Bertz CT molecular complexity index is 1020. The van der Waals surface area contributed by atoms with Gasteiger partial charge in [0.2, 0.25) is 5.56 Å². The standard InChI is InChI=1S/C19H15BrN2O2/c20-13-5-7-17-15(9-13)16(10-18(23)22-17)19(24)21-14-6-4-11-2-1-3-12(11)8-14/h4-10H,1-3H2,(H,21,24)(H,22,23). The zero-order valence-electron chi connectivity index (χ0n) is 12.9.